The van der Waals surface area contributed by atoms with E-state index in [1.807, 2.05) is 66.7 Å². The summed E-state index contributed by atoms with van der Waals surface area (Å²) in [7, 11) is -1.01. The summed E-state index contributed by atoms with van der Waals surface area (Å²) in [5.41, 5.74) is 6.66. The summed E-state index contributed by atoms with van der Waals surface area (Å²) in [6.07, 6.45) is 7.50. The second-order valence-electron chi connectivity index (χ2n) is 12.9. The van der Waals surface area contributed by atoms with Crippen LogP contribution in [-0.2, 0) is 14.2 Å². The Hall–Kier alpha value is -3.66. The van der Waals surface area contributed by atoms with E-state index in [4.69, 9.17) is 4.65 Å². The van der Waals surface area contributed by atoms with E-state index in [1.165, 1.54) is 16.0 Å². The van der Waals surface area contributed by atoms with Crippen LogP contribution in [0.5, 0.6) is 5.75 Å². The number of rotatable bonds is 11. The van der Waals surface area contributed by atoms with Gasteiger partial charge in [0.2, 0.25) is 11.8 Å². The molecule has 4 atom stereocenters. The number of nitrogens with zero attached hydrogens (tertiary/aromatic N) is 1. The zero-order valence-electron chi connectivity index (χ0n) is 27.0. The molecule has 0 spiro atoms. The van der Waals surface area contributed by atoms with Gasteiger partial charge in [-0.2, -0.15) is 0 Å². The fourth-order valence-electron chi connectivity index (χ4n) is 7.71. The molecule has 0 aromatic heterocycles. The van der Waals surface area contributed by atoms with Gasteiger partial charge in [-0.15, -0.1) is 0 Å². The number of phenols is 1. The number of carbonyl (C=O) groups is 2. The van der Waals surface area contributed by atoms with E-state index < -0.39 is 19.0 Å². The molecule has 0 unspecified atom stereocenters. The molecule has 0 radical (unpaired) electrons. The Morgan fingerprint density at radius 2 is 1.72 bits per heavy atom. The Morgan fingerprint density at radius 1 is 0.979 bits per heavy atom. The second kappa shape index (κ2) is 14.6. The zero-order chi connectivity index (χ0) is 33.1. The molecule has 3 aromatic carbocycles. The Bertz CT molecular complexity index is 1680. The van der Waals surface area contributed by atoms with Gasteiger partial charge in [-0.05, 0) is 105 Å². The lowest BCUT2D eigenvalue weighted by molar-refractivity contribution is -0.122. The molecule has 244 valence electrons. The van der Waals surface area contributed by atoms with Crippen LogP contribution in [0.15, 0.2) is 94.0 Å². The van der Waals surface area contributed by atoms with Crippen LogP contribution in [0.3, 0.4) is 0 Å². The molecule has 2 heterocycles. The van der Waals surface area contributed by atoms with E-state index in [0.29, 0.717) is 24.8 Å². The van der Waals surface area contributed by atoms with Crippen molar-refractivity contribution in [2.24, 2.45) is 17.8 Å². The van der Waals surface area contributed by atoms with Crippen LogP contribution in [0.4, 0.5) is 17.1 Å². The average Bonchev–Trinajstić information content (AvgIpc) is 3.31. The van der Waals surface area contributed by atoms with Crippen molar-refractivity contribution in [1.29, 1.82) is 0 Å². The van der Waals surface area contributed by atoms with E-state index in [9.17, 15) is 19.7 Å². The minimum absolute atomic E-state index is 0.157. The SMILES string of the molecule is CCCC1=C2[C@@H](CC/C(=C/c3cc(Br)ccc3O)CCC)OB(O)C[C@@H]2[C@@H]2C(=O)N(c3ccc(Nc4ccccc4)cc3)C(=O)[C@@H]2C1. The van der Waals surface area contributed by atoms with Gasteiger partial charge in [-0.25, -0.2) is 0 Å². The summed E-state index contributed by atoms with van der Waals surface area (Å²) in [6, 6.07) is 22.7. The van der Waals surface area contributed by atoms with Crippen LogP contribution >= 0.6 is 15.9 Å². The predicted molar refractivity (Wildman–Crippen MR) is 191 cm³/mol. The third-order valence-electron chi connectivity index (χ3n) is 9.70. The first kappa shape index (κ1) is 33.3. The van der Waals surface area contributed by atoms with E-state index in [2.05, 4.69) is 41.2 Å². The molecule has 0 bridgehead atoms. The normalized spacial score (nSPS) is 22.9. The first-order valence-electron chi connectivity index (χ1n) is 16.8. The van der Waals surface area contributed by atoms with Crippen molar-refractivity contribution in [3.05, 3.63) is 99.6 Å². The molecule has 7 nitrogen and oxygen atoms in total. The van der Waals surface area contributed by atoms with Crippen LogP contribution in [0, 0.1) is 17.8 Å². The van der Waals surface area contributed by atoms with Crippen molar-refractivity contribution in [2.45, 2.75) is 71.2 Å². The van der Waals surface area contributed by atoms with Gasteiger partial charge in [0.1, 0.15) is 5.75 Å². The van der Waals surface area contributed by atoms with E-state index in [-0.39, 0.29) is 29.6 Å². The highest BCUT2D eigenvalue weighted by Crippen LogP contribution is 2.52. The molecule has 3 aromatic rings. The smallest absolute Gasteiger partial charge is 0.455 e. The number of aromatic hydroxyl groups is 1. The number of amides is 2. The standard InChI is InChI=1S/C38H42BBrN2O5/c1-3-8-24(20-26-21-27(40)13-18-33(26)43)12-19-34-35-25(9-4-2)22-31-36(32(35)23-39(46)47-34)38(45)42(37(31)44)30-16-14-29(15-17-30)41-28-10-6-5-7-11-28/h5-7,10-11,13-18,20-21,31-32,34,36,41,43,46H,3-4,8-9,12,19,22-23H2,1-2H3/b24-20+/t31-,32+,34-,36-/m1/s1. The van der Waals surface area contributed by atoms with Crippen molar-refractivity contribution in [1.82, 2.24) is 0 Å². The van der Waals surface area contributed by atoms with Crippen LogP contribution < -0.4 is 10.2 Å². The first-order valence-corrected chi connectivity index (χ1v) is 17.6. The fraction of sp³-hybridized carbons (Fsp3) is 0.368. The molecule has 2 aliphatic heterocycles. The number of anilines is 3. The molecule has 0 saturated carbocycles. The maximum atomic E-state index is 14.2. The van der Waals surface area contributed by atoms with Gasteiger partial charge in [0.05, 0.1) is 23.6 Å². The van der Waals surface area contributed by atoms with Gasteiger partial charge >= 0.3 is 7.12 Å². The summed E-state index contributed by atoms with van der Waals surface area (Å²) in [5.74, 6) is -1.33. The largest absolute Gasteiger partial charge is 0.507 e. The Kier molecular flexibility index (Phi) is 10.3. The van der Waals surface area contributed by atoms with Crippen LogP contribution in [-0.4, -0.2) is 35.2 Å². The highest BCUT2D eigenvalue weighted by Gasteiger charge is 2.57. The molecular formula is C38H42BBrN2O5. The number of hydrogen-bond donors (Lipinski definition) is 3. The number of phenolic OH excluding ortho intramolecular Hbond substituents is 1. The van der Waals surface area contributed by atoms with Crippen LogP contribution in [0.2, 0.25) is 6.32 Å². The molecule has 2 fully saturated rings. The average molecular weight is 697 g/mol. The van der Waals surface area contributed by atoms with Crippen LogP contribution in [0.25, 0.3) is 6.08 Å². The molecule has 2 saturated heterocycles. The van der Waals surface area contributed by atoms with Gasteiger partial charge in [-0.1, -0.05) is 78.0 Å². The maximum absolute atomic E-state index is 14.2. The quantitative estimate of drug-likeness (QED) is 0.105. The third kappa shape index (κ3) is 7.13. The Labute approximate surface area is 286 Å². The first-order chi connectivity index (χ1) is 22.8. The highest BCUT2D eigenvalue weighted by molar-refractivity contribution is 9.10. The van der Waals surface area contributed by atoms with Gasteiger partial charge < -0.3 is 20.1 Å². The molecule has 47 heavy (non-hydrogen) atoms. The summed E-state index contributed by atoms with van der Waals surface area (Å²) in [6.45, 7) is 4.27. The lowest BCUT2D eigenvalue weighted by Gasteiger charge is -2.43. The minimum atomic E-state index is -1.01. The summed E-state index contributed by atoms with van der Waals surface area (Å²) in [4.78, 5) is 29.5. The minimum Gasteiger partial charge on any atom is -0.507 e. The van der Waals surface area contributed by atoms with E-state index in [0.717, 1.165) is 59.1 Å². The summed E-state index contributed by atoms with van der Waals surface area (Å²) >= 11 is 3.51. The van der Waals surface area contributed by atoms with Gasteiger partial charge in [-0.3, -0.25) is 14.5 Å². The monoisotopic (exact) mass is 696 g/mol. The van der Waals surface area contributed by atoms with E-state index >= 15 is 0 Å². The molecule has 2 amide bonds. The predicted octanol–water partition coefficient (Wildman–Crippen LogP) is 8.66. The highest BCUT2D eigenvalue weighted by atomic mass is 79.9. The fourth-order valence-corrected chi connectivity index (χ4v) is 8.09. The number of imide groups is 1. The number of hydrogen-bond acceptors (Lipinski definition) is 6. The second-order valence-corrected chi connectivity index (χ2v) is 13.8. The van der Waals surface area contributed by atoms with Gasteiger partial charge in [0, 0.05) is 21.4 Å². The number of benzene rings is 3. The number of para-hydroxylation sites is 1. The number of nitrogens with one attached hydrogen (secondary N) is 1. The van der Waals surface area contributed by atoms with Gasteiger partial charge in [0.15, 0.2) is 0 Å². The molecular weight excluding hydrogens is 655 g/mol. The van der Waals surface area contributed by atoms with Gasteiger partial charge in [0.25, 0.3) is 0 Å². The molecule has 1 aliphatic carbocycles. The van der Waals surface area contributed by atoms with Crippen molar-refractivity contribution in [3.63, 3.8) is 0 Å². The van der Waals surface area contributed by atoms with Crippen molar-refractivity contribution < 1.29 is 24.4 Å². The number of carbonyl (C=O) groups excluding carboxylic acids is 2. The maximum Gasteiger partial charge on any atom is 0.455 e. The van der Waals surface area contributed by atoms with Crippen molar-refractivity contribution in [2.75, 3.05) is 10.2 Å². The van der Waals surface area contributed by atoms with E-state index in [1.54, 1.807) is 6.07 Å². The van der Waals surface area contributed by atoms with Crippen molar-refractivity contribution >= 4 is 58.0 Å². The summed E-state index contributed by atoms with van der Waals surface area (Å²) < 4.78 is 7.13. The molecule has 9 heteroatoms. The van der Waals surface area contributed by atoms with Crippen molar-refractivity contribution in [3.8, 4) is 5.75 Å². The molecule has 6 rings (SSSR count). The molecule has 3 aliphatic rings. The Balaban J connectivity index is 1.25. The Morgan fingerprint density at radius 3 is 2.45 bits per heavy atom. The lowest BCUT2D eigenvalue weighted by Crippen LogP contribution is -2.46. The third-order valence-corrected chi connectivity index (χ3v) is 10.2. The topological polar surface area (TPSA) is 99.1 Å². The van der Waals surface area contributed by atoms with Crippen LogP contribution in [0.1, 0.15) is 64.4 Å². The zero-order valence-corrected chi connectivity index (χ0v) is 28.6. The molecule has 3 N–H and O–H groups in total. The lowest BCUT2D eigenvalue weighted by atomic mass is 9.58. The number of halogens is 1. The number of fused-ring (bicyclic) bond motifs is 3. The summed E-state index contributed by atoms with van der Waals surface area (Å²) in [5, 5.41) is 24.8. The number of allylic oxidation sites excluding steroid dienone is 2.